The molecule has 2 N–H and O–H groups in total. The number of rotatable bonds is 4. The molecule has 0 spiro atoms. The van der Waals surface area contributed by atoms with Crippen molar-refractivity contribution in [3.63, 3.8) is 0 Å². The molecule has 0 aromatic heterocycles. The van der Waals surface area contributed by atoms with E-state index in [4.69, 9.17) is 9.47 Å². The highest BCUT2D eigenvalue weighted by Gasteiger charge is 2.14. The minimum absolute atomic E-state index is 0.385. The maximum Gasteiger partial charge on any atom is 0.125 e. The van der Waals surface area contributed by atoms with E-state index in [0.29, 0.717) is 6.04 Å². The molecule has 19 heavy (non-hydrogen) atoms. The molecule has 4 nitrogen and oxygen atoms in total. The molecule has 0 saturated carbocycles. The normalized spacial score (nSPS) is 19.3. The van der Waals surface area contributed by atoms with E-state index < -0.39 is 0 Å². The molecule has 1 saturated heterocycles. The predicted molar refractivity (Wildman–Crippen MR) is 78.3 cm³/mol. The maximum atomic E-state index is 5.46. The summed E-state index contributed by atoms with van der Waals surface area (Å²) in [6.45, 7) is 9.73. The summed E-state index contributed by atoms with van der Waals surface area (Å²) in [5, 5.41) is 6.97. The number of aryl methyl sites for hydroxylation is 1. The first-order valence-corrected chi connectivity index (χ1v) is 6.83. The number of hydrogen-bond donors (Lipinski definition) is 2. The number of morpholine rings is 1. The standard InChI is InChI=1S/C15H24N2O2/c1-10-7-14(11(2)12(3)15(10)18-4)17-8-13-9-19-6-5-16-13/h7,13,16-17H,5-6,8-9H2,1-4H3. The van der Waals surface area contributed by atoms with E-state index in [2.05, 4.69) is 37.5 Å². The lowest BCUT2D eigenvalue weighted by molar-refractivity contribution is 0.0806. The van der Waals surface area contributed by atoms with Crippen molar-refractivity contribution in [3.8, 4) is 5.75 Å². The molecule has 1 fully saturated rings. The molecular weight excluding hydrogens is 240 g/mol. The number of nitrogens with one attached hydrogen (secondary N) is 2. The van der Waals surface area contributed by atoms with Crippen molar-refractivity contribution in [2.45, 2.75) is 26.8 Å². The Morgan fingerprint density at radius 1 is 1.37 bits per heavy atom. The van der Waals surface area contributed by atoms with E-state index in [-0.39, 0.29) is 0 Å². The van der Waals surface area contributed by atoms with Crippen LogP contribution in [0.15, 0.2) is 6.07 Å². The van der Waals surface area contributed by atoms with Crippen molar-refractivity contribution in [3.05, 3.63) is 22.8 Å². The minimum Gasteiger partial charge on any atom is -0.496 e. The maximum absolute atomic E-state index is 5.46. The first kappa shape index (κ1) is 14.2. The Morgan fingerprint density at radius 2 is 2.16 bits per heavy atom. The van der Waals surface area contributed by atoms with Crippen LogP contribution in [-0.2, 0) is 4.74 Å². The Bertz CT molecular complexity index is 440. The van der Waals surface area contributed by atoms with Gasteiger partial charge in [0.15, 0.2) is 0 Å². The molecule has 1 atom stereocenters. The number of hydrogen-bond acceptors (Lipinski definition) is 4. The molecule has 0 radical (unpaired) electrons. The van der Waals surface area contributed by atoms with Gasteiger partial charge in [-0.25, -0.2) is 0 Å². The van der Waals surface area contributed by atoms with E-state index in [1.165, 1.54) is 22.4 Å². The van der Waals surface area contributed by atoms with Gasteiger partial charge in [0.1, 0.15) is 5.75 Å². The summed E-state index contributed by atoms with van der Waals surface area (Å²) in [7, 11) is 1.73. The summed E-state index contributed by atoms with van der Waals surface area (Å²) < 4.78 is 10.9. The van der Waals surface area contributed by atoms with E-state index >= 15 is 0 Å². The number of methoxy groups -OCH3 is 1. The van der Waals surface area contributed by atoms with Crippen molar-refractivity contribution >= 4 is 5.69 Å². The van der Waals surface area contributed by atoms with Crippen LogP contribution in [0.4, 0.5) is 5.69 Å². The van der Waals surface area contributed by atoms with Gasteiger partial charge in [0.2, 0.25) is 0 Å². The molecule has 1 aliphatic rings. The van der Waals surface area contributed by atoms with Crippen LogP contribution in [0.1, 0.15) is 16.7 Å². The van der Waals surface area contributed by atoms with Crippen molar-refractivity contribution in [2.75, 3.05) is 38.7 Å². The van der Waals surface area contributed by atoms with Crippen LogP contribution in [0.3, 0.4) is 0 Å². The lowest BCUT2D eigenvalue weighted by Crippen LogP contribution is -2.45. The van der Waals surface area contributed by atoms with Crippen molar-refractivity contribution < 1.29 is 9.47 Å². The molecule has 1 aliphatic heterocycles. The third-order valence-corrected chi connectivity index (χ3v) is 3.77. The van der Waals surface area contributed by atoms with Crippen LogP contribution in [0.5, 0.6) is 5.75 Å². The van der Waals surface area contributed by atoms with Crippen LogP contribution >= 0.6 is 0 Å². The first-order valence-electron chi connectivity index (χ1n) is 6.83. The number of benzene rings is 1. The topological polar surface area (TPSA) is 42.5 Å². The molecular formula is C15H24N2O2. The van der Waals surface area contributed by atoms with Gasteiger partial charge in [-0.1, -0.05) is 0 Å². The Morgan fingerprint density at radius 3 is 2.79 bits per heavy atom. The largest absolute Gasteiger partial charge is 0.496 e. The van der Waals surface area contributed by atoms with E-state index in [1.807, 2.05) is 0 Å². The molecule has 1 heterocycles. The summed E-state index contributed by atoms with van der Waals surface area (Å²) in [6, 6.07) is 2.54. The fraction of sp³-hybridized carbons (Fsp3) is 0.600. The number of ether oxygens (including phenoxy) is 2. The Labute approximate surface area is 115 Å². The molecule has 1 aromatic carbocycles. The third-order valence-electron chi connectivity index (χ3n) is 3.77. The lowest BCUT2D eigenvalue weighted by atomic mass is 10.0. The second kappa shape index (κ2) is 6.26. The van der Waals surface area contributed by atoms with Crippen LogP contribution in [-0.4, -0.2) is 39.5 Å². The van der Waals surface area contributed by atoms with Crippen LogP contribution in [0.25, 0.3) is 0 Å². The highest BCUT2D eigenvalue weighted by Crippen LogP contribution is 2.31. The van der Waals surface area contributed by atoms with Crippen molar-refractivity contribution in [1.82, 2.24) is 5.32 Å². The Kier molecular flexibility index (Phi) is 4.66. The molecule has 4 heteroatoms. The summed E-state index contributed by atoms with van der Waals surface area (Å²) in [5.41, 5.74) is 4.81. The molecule has 106 valence electrons. The summed E-state index contributed by atoms with van der Waals surface area (Å²) in [5.74, 6) is 0.988. The van der Waals surface area contributed by atoms with Gasteiger partial charge in [-0.15, -0.1) is 0 Å². The van der Waals surface area contributed by atoms with Crippen molar-refractivity contribution in [2.24, 2.45) is 0 Å². The van der Waals surface area contributed by atoms with Crippen LogP contribution in [0.2, 0.25) is 0 Å². The predicted octanol–water partition coefficient (Wildman–Crippen LogP) is 2.02. The third kappa shape index (κ3) is 3.19. The average molecular weight is 264 g/mol. The van der Waals surface area contributed by atoms with Gasteiger partial charge in [0.25, 0.3) is 0 Å². The first-order chi connectivity index (χ1) is 9.13. The zero-order valence-electron chi connectivity index (χ0n) is 12.3. The fourth-order valence-corrected chi connectivity index (χ4v) is 2.54. The van der Waals surface area contributed by atoms with Gasteiger partial charge in [-0.3, -0.25) is 0 Å². The molecule has 0 amide bonds. The molecule has 0 bridgehead atoms. The van der Waals surface area contributed by atoms with Gasteiger partial charge in [-0.2, -0.15) is 0 Å². The fourth-order valence-electron chi connectivity index (χ4n) is 2.54. The van der Waals surface area contributed by atoms with E-state index in [1.54, 1.807) is 7.11 Å². The smallest absolute Gasteiger partial charge is 0.125 e. The zero-order chi connectivity index (χ0) is 13.8. The van der Waals surface area contributed by atoms with Gasteiger partial charge in [0.05, 0.1) is 20.3 Å². The van der Waals surface area contributed by atoms with Gasteiger partial charge >= 0.3 is 0 Å². The zero-order valence-corrected chi connectivity index (χ0v) is 12.3. The molecule has 2 rings (SSSR count). The van der Waals surface area contributed by atoms with Gasteiger partial charge in [-0.05, 0) is 43.5 Å². The Hall–Kier alpha value is -1.26. The van der Waals surface area contributed by atoms with Crippen LogP contribution in [0, 0.1) is 20.8 Å². The average Bonchev–Trinajstić information content (AvgIpc) is 2.43. The van der Waals surface area contributed by atoms with Crippen LogP contribution < -0.4 is 15.4 Å². The van der Waals surface area contributed by atoms with Gasteiger partial charge in [0, 0.05) is 24.8 Å². The molecule has 0 aliphatic carbocycles. The number of anilines is 1. The van der Waals surface area contributed by atoms with E-state index in [9.17, 15) is 0 Å². The SMILES string of the molecule is COc1c(C)cc(NCC2COCCN2)c(C)c1C. The van der Waals surface area contributed by atoms with Crippen molar-refractivity contribution in [1.29, 1.82) is 0 Å². The highest BCUT2D eigenvalue weighted by atomic mass is 16.5. The monoisotopic (exact) mass is 264 g/mol. The highest BCUT2D eigenvalue weighted by molar-refractivity contribution is 5.61. The summed E-state index contributed by atoms with van der Waals surface area (Å²) >= 11 is 0. The minimum atomic E-state index is 0.385. The summed E-state index contributed by atoms with van der Waals surface area (Å²) in [4.78, 5) is 0. The van der Waals surface area contributed by atoms with E-state index in [0.717, 1.165) is 32.1 Å². The van der Waals surface area contributed by atoms with Gasteiger partial charge < -0.3 is 20.1 Å². The lowest BCUT2D eigenvalue weighted by Gasteiger charge is -2.25. The molecule has 1 unspecified atom stereocenters. The second-order valence-corrected chi connectivity index (χ2v) is 5.13. The second-order valence-electron chi connectivity index (χ2n) is 5.13. The Balaban J connectivity index is 2.07. The molecule has 1 aromatic rings. The summed E-state index contributed by atoms with van der Waals surface area (Å²) in [6.07, 6.45) is 0. The quantitative estimate of drug-likeness (QED) is 0.873.